The molecule has 0 fully saturated rings. The number of hydrogen-bond acceptors (Lipinski definition) is 4. The van der Waals surface area contributed by atoms with Crippen molar-refractivity contribution >= 4 is 11.6 Å². The molecule has 0 spiro atoms. The molecule has 0 aromatic heterocycles. The summed E-state index contributed by atoms with van der Waals surface area (Å²) in [5, 5.41) is 31.8. The van der Waals surface area contributed by atoms with Crippen LogP contribution in [0.25, 0.3) is 0 Å². The molecule has 5 nitrogen and oxygen atoms in total. The highest BCUT2D eigenvalue weighted by Crippen LogP contribution is 2.37. The van der Waals surface area contributed by atoms with Crippen LogP contribution in [0, 0.1) is 5.92 Å². The number of rotatable bonds is 14. The molecular formula is C22H37NO4. The van der Waals surface area contributed by atoms with E-state index in [-0.39, 0.29) is 23.3 Å². The SMILES string of the molecule is CCCCCCCCC(CCCCCC)C(=O)Nc1cc(O)cc(O)c1O. The first-order chi connectivity index (χ1) is 13.0. The van der Waals surface area contributed by atoms with Gasteiger partial charge < -0.3 is 20.6 Å². The number of unbranched alkanes of at least 4 members (excludes halogenated alkanes) is 8. The zero-order valence-corrected chi connectivity index (χ0v) is 17.0. The number of amides is 1. The Morgan fingerprint density at radius 3 is 1.96 bits per heavy atom. The van der Waals surface area contributed by atoms with E-state index in [0.717, 1.165) is 51.0 Å². The second-order valence-corrected chi connectivity index (χ2v) is 7.45. The fraction of sp³-hybridized carbons (Fsp3) is 0.682. The van der Waals surface area contributed by atoms with Crippen molar-refractivity contribution in [1.82, 2.24) is 0 Å². The predicted octanol–water partition coefficient (Wildman–Crippen LogP) is 6.08. The predicted molar refractivity (Wildman–Crippen MR) is 110 cm³/mol. The van der Waals surface area contributed by atoms with E-state index < -0.39 is 11.5 Å². The molecule has 0 bridgehead atoms. The van der Waals surface area contributed by atoms with Gasteiger partial charge in [0.2, 0.25) is 5.91 Å². The Kier molecular flexibility index (Phi) is 11.4. The van der Waals surface area contributed by atoms with Gasteiger partial charge in [-0.2, -0.15) is 0 Å². The molecule has 0 saturated carbocycles. The molecule has 1 amide bonds. The number of anilines is 1. The maximum absolute atomic E-state index is 12.7. The van der Waals surface area contributed by atoms with Crippen LogP contribution in [0.1, 0.15) is 90.9 Å². The number of carbonyl (C=O) groups is 1. The summed E-state index contributed by atoms with van der Waals surface area (Å²) < 4.78 is 0. The van der Waals surface area contributed by atoms with E-state index in [1.807, 2.05) is 0 Å². The fourth-order valence-electron chi connectivity index (χ4n) is 3.33. The van der Waals surface area contributed by atoms with E-state index in [0.29, 0.717) is 0 Å². The summed E-state index contributed by atoms with van der Waals surface area (Å²) in [6, 6.07) is 2.30. The molecule has 154 valence electrons. The molecule has 1 aromatic rings. The van der Waals surface area contributed by atoms with Gasteiger partial charge in [0.05, 0.1) is 5.69 Å². The van der Waals surface area contributed by atoms with Gasteiger partial charge in [-0.25, -0.2) is 0 Å². The van der Waals surface area contributed by atoms with E-state index >= 15 is 0 Å². The third kappa shape index (κ3) is 9.03. The van der Waals surface area contributed by atoms with Crippen molar-refractivity contribution in [3.63, 3.8) is 0 Å². The van der Waals surface area contributed by atoms with Crippen LogP contribution in [0.2, 0.25) is 0 Å². The number of phenols is 3. The molecule has 0 aliphatic carbocycles. The lowest BCUT2D eigenvalue weighted by atomic mass is 9.93. The Bertz CT molecular complexity index is 559. The van der Waals surface area contributed by atoms with Gasteiger partial charge in [-0.1, -0.05) is 78.1 Å². The van der Waals surface area contributed by atoms with Crippen LogP contribution >= 0.6 is 0 Å². The maximum Gasteiger partial charge on any atom is 0.227 e. The molecule has 5 heteroatoms. The van der Waals surface area contributed by atoms with Crippen LogP contribution < -0.4 is 5.32 Å². The molecule has 0 saturated heterocycles. The van der Waals surface area contributed by atoms with E-state index in [1.54, 1.807) is 0 Å². The monoisotopic (exact) mass is 379 g/mol. The fourth-order valence-corrected chi connectivity index (χ4v) is 3.33. The molecule has 1 rings (SSSR count). The van der Waals surface area contributed by atoms with Gasteiger partial charge in [0.25, 0.3) is 0 Å². The van der Waals surface area contributed by atoms with E-state index in [4.69, 9.17) is 0 Å². The smallest absolute Gasteiger partial charge is 0.227 e. The van der Waals surface area contributed by atoms with Crippen LogP contribution in [-0.2, 0) is 4.79 Å². The van der Waals surface area contributed by atoms with Gasteiger partial charge in [0, 0.05) is 18.1 Å². The van der Waals surface area contributed by atoms with Gasteiger partial charge in [-0.05, 0) is 12.8 Å². The summed E-state index contributed by atoms with van der Waals surface area (Å²) in [7, 11) is 0. The normalized spacial score (nSPS) is 12.1. The summed E-state index contributed by atoms with van der Waals surface area (Å²) in [6.07, 6.45) is 13.2. The minimum atomic E-state index is -0.444. The second kappa shape index (κ2) is 13.3. The lowest BCUT2D eigenvalue weighted by molar-refractivity contribution is -0.120. The van der Waals surface area contributed by atoms with Crippen LogP contribution in [0.15, 0.2) is 12.1 Å². The summed E-state index contributed by atoms with van der Waals surface area (Å²) in [5.41, 5.74) is 0.0546. The number of aromatic hydroxyl groups is 3. The Balaban J connectivity index is 2.62. The lowest BCUT2D eigenvalue weighted by Crippen LogP contribution is -2.23. The average Bonchev–Trinajstić information content (AvgIpc) is 2.63. The first-order valence-electron chi connectivity index (χ1n) is 10.5. The highest BCUT2D eigenvalue weighted by Gasteiger charge is 2.20. The highest BCUT2D eigenvalue weighted by molar-refractivity contribution is 5.94. The maximum atomic E-state index is 12.7. The summed E-state index contributed by atoms with van der Waals surface area (Å²) in [5.74, 6) is -1.32. The Morgan fingerprint density at radius 1 is 0.852 bits per heavy atom. The first-order valence-corrected chi connectivity index (χ1v) is 10.5. The van der Waals surface area contributed by atoms with Crippen molar-refractivity contribution in [2.24, 2.45) is 5.92 Å². The minimum Gasteiger partial charge on any atom is -0.508 e. The summed E-state index contributed by atoms with van der Waals surface area (Å²) in [6.45, 7) is 4.36. The van der Waals surface area contributed by atoms with Crippen LogP contribution in [-0.4, -0.2) is 21.2 Å². The first kappa shape index (κ1) is 23.1. The van der Waals surface area contributed by atoms with Crippen molar-refractivity contribution < 1.29 is 20.1 Å². The van der Waals surface area contributed by atoms with Gasteiger partial charge in [0.1, 0.15) is 5.75 Å². The number of phenolic OH excluding ortho intramolecular Hbond substituents is 3. The Labute approximate surface area is 163 Å². The largest absolute Gasteiger partial charge is 0.508 e. The van der Waals surface area contributed by atoms with Gasteiger partial charge in [-0.3, -0.25) is 4.79 Å². The topological polar surface area (TPSA) is 89.8 Å². The minimum absolute atomic E-state index is 0.0546. The van der Waals surface area contributed by atoms with Gasteiger partial charge in [0.15, 0.2) is 11.5 Å². The van der Waals surface area contributed by atoms with Crippen LogP contribution in [0.4, 0.5) is 5.69 Å². The lowest BCUT2D eigenvalue weighted by Gasteiger charge is -2.18. The summed E-state index contributed by atoms with van der Waals surface area (Å²) in [4.78, 5) is 12.7. The molecule has 27 heavy (non-hydrogen) atoms. The van der Waals surface area contributed by atoms with Crippen molar-refractivity contribution in [2.75, 3.05) is 5.32 Å². The number of hydrogen-bond donors (Lipinski definition) is 4. The third-order valence-electron chi connectivity index (χ3n) is 5.02. The molecule has 4 N–H and O–H groups in total. The van der Waals surface area contributed by atoms with Crippen LogP contribution in [0.5, 0.6) is 17.2 Å². The molecule has 1 unspecified atom stereocenters. The van der Waals surface area contributed by atoms with Crippen molar-refractivity contribution in [1.29, 1.82) is 0 Å². The Hall–Kier alpha value is -1.91. The molecule has 0 aliphatic rings. The standard InChI is InChI=1S/C22H37NO4/c1-3-5-7-9-10-12-14-17(13-11-8-6-4-2)22(27)23-19-15-18(24)16-20(25)21(19)26/h15-17,24-26H,3-14H2,1-2H3,(H,23,27). The van der Waals surface area contributed by atoms with Crippen LogP contribution in [0.3, 0.4) is 0 Å². The quantitative estimate of drug-likeness (QED) is 0.179. The highest BCUT2D eigenvalue weighted by atomic mass is 16.3. The zero-order chi connectivity index (χ0) is 20.1. The Morgan fingerprint density at radius 2 is 1.37 bits per heavy atom. The molecular weight excluding hydrogens is 342 g/mol. The summed E-state index contributed by atoms with van der Waals surface area (Å²) >= 11 is 0. The molecule has 1 atom stereocenters. The van der Waals surface area contributed by atoms with Crippen molar-refractivity contribution in [2.45, 2.75) is 90.9 Å². The molecule has 0 aliphatic heterocycles. The second-order valence-electron chi connectivity index (χ2n) is 7.45. The third-order valence-corrected chi connectivity index (χ3v) is 5.02. The number of nitrogens with one attached hydrogen (secondary N) is 1. The van der Waals surface area contributed by atoms with E-state index in [1.165, 1.54) is 38.2 Å². The van der Waals surface area contributed by atoms with Gasteiger partial charge in [-0.15, -0.1) is 0 Å². The van der Waals surface area contributed by atoms with E-state index in [9.17, 15) is 20.1 Å². The van der Waals surface area contributed by atoms with Crippen molar-refractivity contribution in [3.8, 4) is 17.2 Å². The average molecular weight is 380 g/mol. The molecule has 1 aromatic carbocycles. The van der Waals surface area contributed by atoms with Crippen molar-refractivity contribution in [3.05, 3.63) is 12.1 Å². The molecule has 0 heterocycles. The van der Waals surface area contributed by atoms with Gasteiger partial charge >= 0.3 is 0 Å². The number of carbonyl (C=O) groups excluding carboxylic acids is 1. The number of benzene rings is 1. The molecule has 0 radical (unpaired) electrons. The zero-order valence-electron chi connectivity index (χ0n) is 17.0. The van der Waals surface area contributed by atoms with E-state index in [2.05, 4.69) is 19.2 Å².